The molecule has 0 fully saturated rings. The Morgan fingerprint density at radius 3 is 2.11 bits per heavy atom. The van der Waals surface area contributed by atoms with E-state index < -0.39 is 30.6 Å². The highest BCUT2D eigenvalue weighted by molar-refractivity contribution is 6.04. The Hall–Kier alpha value is -3.49. The van der Waals surface area contributed by atoms with Gasteiger partial charge < -0.3 is 19.5 Å². The van der Waals surface area contributed by atoms with Crippen molar-refractivity contribution in [3.63, 3.8) is 0 Å². The summed E-state index contributed by atoms with van der Waals surface area (Å²) >= 11 is 0. The summed E-state index contributed by atoms with van der Waals surface area (Å²) in [4.78, 5) is 36.3. The molecule has 0 heterocycles. The molecule has 2 rings (SSSR count). The summed E-state index contributed by atoms with van der Waals surface area (Å²) in [5.41, 5.74) is -0.0978. The highest BCUT2D eigenvalue weighted by Gasteiger charge is 2.24. The molecule has 0 spiro atoms. The van der Waals surface area contributed by atoms with Crippen molar-refractivity contribution in [2.75, 3.05) is 12.4 Å². The Kier molecular flexibility index (Phi) is 7.02. The van der Waals surface area contributed by atoms with Gasteiger partial charge >= 0.3 is 18.6 Å². The molecule has 0 aliphatic carbocycles. The van der Waals surface area contributed by atoms with E-state index >= 15 is 0 Å². The summed E-state index contributed by atoms with van der Waals surface area (Å²) in [6.07, 6.45) is -1.28. The SMILES string of the molecule is COC(=O)c1ccccc1C(=O)OC(C)C(=O)Nc1ccccc1OC(F)F. The Morgan fingerprint density at radius 1 is 0.929 bits per heavy atom. The maximum atomic E-state index is 12.4. The van der Waals surface area contributed by atoms with Crippen molar-refractivity contribution in [2.24, 2.45) is 0 Å². The van der Waals surface area contributed by atoms with E-state index in [0.29, 0.717) is 0 Å². The van der Waals surface area contributed by atoms with Crippen molar-refractivity contribution in [3.8, 4) is 5.75 Å². The molecule has 0 aliphatic rings. The van der Waals surface area contributed by atoms with Crippen molar-refractivity contribution in [2.45, 2.75) is 19.6 Å². The van der Waals surface area contributed by atoms with Crippen molar-refractivity contribution in [3.05, 3.63) is 59.7 Å². The first-order chi connectivity index (χ1) is 13.3. The van der Waals surface area contributed by atoms with Gasteiger partial charge in [0.15, 0.2) is 6.10 Å². The van der Waals surface area contributed by atoms with Gasteiger partial charge in [-0.1, -0.05) is 24.3 Å². The number of rotatable bonds is 7. The molecule has 28 heavy (non-hydrogen) atoms. The van der Waals surface area contributed by atoms with E-state index in [1.165, 1.54) is 56.5 Å². The predicted octanol–water partition coefficient (Wildman–Crippen LogP) is 3.26. The first-order valence-electron chi connectivity index (χ1n) is 8.06. The monoisotopic (exact) mass is 393 g/mol. The number of methoxy groups -OCH3 is 1. The maximum absolute atomic E-state index is 12.4. The molecule has 9 heteroatoms. The second-order valence-corrected chi connectivity index (χ2v) is 5.45. The average Bonchev–Trinajstić information content (AvgIpc) is 2.68. The van der Waals surface area contributed by atoms with E-state index in [-0.39, 0.29) is 22.6 Å². The molecule has 148 valence electrons. The van der Waals surface area contributed by atoms with E-state index in [1.807, 2.05) is 0 Å². The number of ether oxygens (including phenoxy) is 3. The fourth-order valence-corrected chi connectivity index (χ4v) is 2.23. The minimum Gasteiger partial charge on any atom is -0.465 e. The number of amides is 1. The lowest BCUT2D eigenvalue weighted by Gasteiger charge is -2.16. The maximum Gasteiger partial charge on any atom is 0.387 e. The molecule has 0 bridgehead atoms. The fraction of sp³-hybridized carbons (Fsp3) is 0.211. The summed E-state index contributed by atoms with van der Waals surface area (Å²) in [5, 5.41) is 2.35. The molecule has 1 unspecified atom stereocenters. The van der Waals surface area contributed by atoms with E-state index in [1.54, 1.807) is 6.07 Å². The standard InChI is InChI=1S/C19H17F2NO6/c1-11(16(23)22-14-9-5-6-10-15(14)28-19(20)21)27-18(25)13-8-4-3-7-12(13)17(24)26-2/h3-11,19H,1-2H3,(H,22,23). The number of carbonyl (C=O) groups is 3. The first kappa shape index (κ1) is 20.8. The van der Waals surface area contributed by atoms with Crippen molar-refractivity contribution < 1.29 is 37.4 Å². The summed E-state index contributed by atoms with van der Waals surface area (Å²) in [5.74, 6) is -2.65. The smallest absolute Gasteiger partial charge is 0.387 e. The van der Waals surface area contributed by atoms with Crippen LogP contribution in [0.1, 0.15) is 27.6 Å². The second kappa shape index (κ2) is 9.45. The number of hydrogen-bond donors (Lipinski definition) is 1. The van der Waals surface area contributed by atoms with E-state index in [4.69, 9.17) is 4.74 Å². The molecule has 2 aromatic carbocycles. The third-order valence-corrected chi connectivity index (χ3v) is 3.57. The number of nitrogens with one attached hydrogen (secondary N) is 1. The molecule has 0 saturated carbocycles. The van der Waals surface area contributed by atoms with Gasteiger partial charge in [-0.3, -0.25) is 4.79 Å². The van der Waals surface area contributed by atoms with Crippen LogP contribution >= 0.6 is 0 Å². The van der Waals surface area contributed by atoms with Crippen LogP contribution in [0.5, 0.6) is 5.75 Å². The van der Waals surface area contributed by atoms with Gasteiger partial charge in [0.2, 0.25) is 0 Å². The molecule has 7 nitrogen and oxygen atoms in total. The zero-order chi connectivity index (χ0) is 20.7. The first-order valence-corrected chi connectivity index (χ1v) is 8.06. The van der Waals surface area contributed by atoms with Crippen LogP contribution in [0.2, 0.25) is 0 Å². The largest absolute Gasteiger partial charge is 0.465 e. The van der Waals surface area contributed by atoms with E-state index in [9.17, 15) is 23.2 Å². The molecule has 0 aromatic heterocycles. The average molecular weight is 393 g/mol. The van der Waals surface area contributed by atoms with Crippen LogP contribution in [0.25, 0.3) is 0 Å². The quantitative estimate of drug-likeness (QED) is 0.726. The highest BCUT2D eigenvalue weighted by atomic mass is 19.3. The van der Waals surface area contributed by atoms with Gasteiger partial charge in [0.05, 0.1) is 23.9 Å². The number of hydrogen-bond acceptors (Lipinski definition) is 6. The number of para-hydroxylation sites is 2. The van der Waals surface area contributed by atoms with E-state index in [0.717, 1.165) is 0 Å². The Morgan fingerprint density at radius 2 is 1.50 bits per heavy atom. The van der Waals surface area contributed by atoms with Crippen LogP contribution in [0.15, 0.2) is 48.5 Å². The summed E-state index contributed by atoms with van der Waals surface area (Å²) < 4.78 is 38.9. The van der Waals surface area contributed by atoms with Crippen LogP contribution in [0.3, 0.4) is 0 Å². The van der Waals surface area contributed by atoms with Gasteiger partial charge in [0, 0.05) is 0 Å². The minimum absolute atomic E-state index is 0.00865. The lowest BCUT2D eigenvalue weighted by Crippen LogP contribution is -2.30. The summed E-state index contributed by atoms with van der Waals surface area (Å²) in [7, 11) is 1.17. The van der Waals surface area contributed by atoms with Crippen LogP contribution in [0.4, 0.5) is 14.5 Å². The summed E-state index contributed by atoms with van der Waals surface area (Å²) in [6, 6.07) is 11.4. The molecule has 0 aliphatic heterocycles. The number of halogens is 2. The zero-order valence-corrected chi connectivity index (χ0v) is 15.0. The van der Waals surface area contributed by atoms with Gasteiger partial charge in [-0.25, -0.2) is 9.59 Å². The normalized spacial score (nSPS) is 11.5. The topological polar surface area (TPSA) is 90.9 Å². The van der Waals surface area contributed by atoms with Gasteiger partial charge in [0.1, 0.15) is 5.75 Å². The lowest BCUT2D eigenvalue weighted by atomic mass is 10.1. The van der Waals surface area contributed by atoms with Crippen LogP contribution < -0.4 is 10.1 Å². The minimum atomic E-state index is -3.07. The van der Waals surface area contributed by atoms with Gasteiger partial charge in [-0.2, -0.15) is 8.78 Å². The lowest BCUT2D eigenvalue weighted by molar-refractivity contribution is -0.123. The van der Waals surface area contributed by atoms with Gasteiger partial charge in [-0.15, -0.1) is 0 Å². The number of esters is 2. The Balaban J connectivity index is 2.10. The third-order valence-electron chi connectivity index (χ3n) is 3.57. The van der Waals surface area contributed by atoms with Crippen molar-refractivity contribution in [1.82, 2.24) is 0 Å². The molecular weight excluding hydrogens is 376 g/mol. The van der Waals surface area contributed by atoms with Crippen LogP contribution in [-0.4, -0.2) is 37.7 Å². The number of carbonyl (C=O) groups excluding carboxylic acids is 3. The van der Waals surface area contributed by atoms with Crippen LogP contribution in [0, 0.1) is 0 Å². The second-order valence-electron chi connectivity index (χ2n) is 5.45. The predicted molar refractivity (Wildman–Crippen MR) is 94.4 cm³/mol. The number of anilines is 1. The van der Waals surface area contributed by atoms with Crippen LogP contribution in [-0.2, 0) is 14.3 Å². The van der Waals surface area contributed by atoms with Crippen molar-refractivity contribution in [1.29, 1.82) is 0 Å². The highest BCUT2D eigenvalue weighted by Crippen LogP contribution is 2.25. The molecule has 1 amide bonds. The Labute approximate surface area is 159 Å². The molecular formula is C19H17F2NO6. The number of alkyl halides is 2. The van der Waals surface area contributed by atoms with Crippen molar-refractivity contribution >= 4 is 23.5 Å². The van der Waals surface area contributed by atoms with E-state index in [2.05, 4.69) is 14.8 Å². The van der Waals surface area contributed by atoms with Gasteiger partial charge in [0.25, 0.3) is 5.91 Å². The zero-order valence-electron chi connectivity index (χ0n) is 15.0. The molecule has 0 saturated heterocycles. The fourth-order valence-electron chi connectivity index (χ4n) is 2.23. The number of benzene rings is 2. The summed E-state index contributed by atoms with van der Waals surface area (Å²) in [6.45, 7) is -1.77. The van der Waals surface area contributed by atoms with Gasteiger partial charge in [-0.05, 0) is 31.2 Å². The molecule has 0 radical (unpaired) electrons. The molecule has 2 aromatic rings. The molecule has 1 N–H and O–H groups in total. The third kappa shape index (κ3) is 5.26. The molecule has 1 atom stereocenters. The Bertz CT molecular complexity index is 871.